The fourth-order valence-corrected chi connectivity index (χ4v) is 7.79. The second-order valence-electron chi connectivity index (χ2n) is 12.1. The van der Waals surface area contributed by atoms with Gasteiger partial charge >= 0.3 is 0 Å². The summed E-state index contributed by atoms with van der Waals surface area (Å²) in [6, 6.07) is 51.6. The molecule has 0 bridgehead atoms. The Kier molecular flexibility index (Phi) is 4.55. The summed E-state index contributed by atoms with van der Waals surface area (Å²) >= 11 is 0. The molecule has 11 rings (SSSR count). The van der Waals surface area contributed by atoms with Gasteiger partial charge in [-0.15, -0.1) is 0 Å². The molecule has 4 heteroatoms. The van der Waals surface area contributed by atoms with Gasteiger partial charge in [0, 0.05) is 38.2 Å². The third-order valence-electron chi connectivity index (χ3n) is 9.72. The van der Waals surface area contributed by atoms with Crippen LogP contribution in [-0.2, 0) is 0 Å². The first kappa shape index (κ1) is 24.1. The van der Waals surface area contributed by atoms with Crippen LogP contribution < -0.4 is 4.74 Å². The number of nitrogens with zero attached hydrogens (tertiary/aromatic N) is 2. The second-order valence-corrected chi connectivity index (χ2v) is 12.1. The maximum atomic E-state index is 6.54. The molecule has 0 atom stereocenters. The van der Waals surface area contributed by atoms with Crippen LogP contribution in [0.15, 0.2) is 150 Å². The Morgan fingerprint density at radius 3 is 2.00 bits per heavy atom. The first-order valence-corrected chi connectivity index (χ1v) is 15.6. The molecule has 4 heterocycles. The Labute approximate surface area is 262 Å². The summed E-state index contributed by atoms with van der Waals surface area (Å²) in [5.74, 6) is 1.75. The molecule has 0 N–H and O–H groups in total. The monoisotopic (exact) mass is 588 g/mol. The van der Waals surface area contributed by atoms with Crippen LogP contribution in [0.1, 0.15) is 0 Å². The molecule has 4 nitrogen and oxygen atoms in total. The molecule has 1 aliphatic rings. The van der Waals surface area contributed by atoms with Gasteiger partial charge in [-0.1, -0.05) is 91.0 Å². The minimum atomic E-state index is 0.861. The molecular formula is C42H24N2O2. The van der Waals surface area contributed by atoms with Crippen LogP contribution in [0.5, 0.6) is 11.5 Å². The Hall–Kier alpha value is -6.26. The lowest BCUT2D eigenvalue weighted by atomic mass is 10.0. The first-order chi connectivity index (χ1) is 22.8. The van der Waals surface area contributed by atoms with Crippen LogP contribution >= 0.6 is 0 Å². The Morgan fingerprint density at radius 2 is 1.13 bits per heavy atom. The van der Waals surface area contributed by atoms with E-state index in [1.54, 1.807) is 0 Å². The highest BCUT2D eigenvalue weighted by molar-refractivity contribution is 6.23. The zero-order valence-electron chi connectivity index (χ0n) is 24.6. The Bertz CT molecular complexity index is 2880. The second kappa shape index (κ2) is 8.68. The summed E-state index contributed by atoms with van der Waals surface area (Å²) < 4.78 is 17.8. The van der Waals surface area contributed by atoms with E-state index < -0.39 is 0 Å². The largest absolute Gasteiger partial charge is 0.455 e. The maximum Gasteiger partial charge on any atom is 0.152 e. The number of hydrogen-bond donors (Lipinski definition) is 0. The maximum absolute atomic E-state index is 6.54. The van der Waals surface area contributed by atoms with Gasteiger partial charge in [0.1, 0.15) is 11.2 Å². The average molecular weight is 589 g/mol. The van der Waals surface area contributed by atoms with Gasteiger partial charge in [-0.05, 0) is 60.2 Å². The van der Waals surface area contributed by atoms with Gasteiger partial charge in [-0.25, -0.2) is 0 Å². The topological polar surface area (TPSA) is 32.2 Å². The fourth-order valence-electron chi connectivity index (χ4n) is 7.79. The van der Waals surface area contributed by atoms with Gasteiger partial charge in [0.2, 0.25) is 0 Å². The number of hydrogen-bond acceptors (Lipinski definition) is 2. The van der Waals surface area contributed by atoms with Gasteiger partial charge in [-0.3, -0.25) is 0 Å². The fraction of sp³-hybridized carbons (Fsp3) is 0. The third kappa shape index (κ3) is 3.03. The number of fused-ring (bicyclic) bond motifs is 12. The van der Waals surface area contributed by atoms with Gasteiger partial charge < -0.3 is 18.3 Å². The predicted molar refractivity (Wildman–Crippen MR) is 188 cm³/mol. The number of ether oxygens (including phenoxy) is 1. The number of benzene rings is 7. The molecule has 0 radical (unpaired) electrons. The summed E-state index contributed by atoms with van der Waals surface area (Å²) in [4.78, 5) is 0. The molecule has 0 fully saturated rings. The van der Waals surface area contributed by atoms with Gasteiger partial charge in [0.15, 0.2) is 11.5 Å². The highest BCUT2D eigenvalue weighted by atomic mass is 16.5. The molecule has 0 saturated heterocycles. The van der Waals surface area contributed by atoms with Crippen molar-refractivity contribution in [2.45, 2.75) is 0 Å². The van der Waals surface area contributed by atoms with Crippen molar-refractivity contribution in [1.29, 1.82) is 0 Å². The van der Waals surface area contributed by atoms with E-state index in [-0.39, 0.29) is 0 Å². The zero-order valence-corrected chi connectivity index (χ0v) is 24.6. The SMILES string of the molecule is c1cc2c(c(-c3ccc(-n4c5ccccc5c5c6oc7ccccc7c6ccc54)cc3)c1)-n1c3ccccc3c3cccc(c31)O2. The van der Waals surface area contributed by atoms with Crippen LogP contribution in [0.25, 0.3) is 88.1 Å². The van der Waals surface area contributed by atoms with Crippen LogP contribution in [0.4, 0.5) is 0 Å². The lowest BCUT2D eigenvalue weighted by molar-refractivity contribution is 0.477. The van der Waals surface area contributed by atoms with Gasteiger partial charge in [0.25, 0.3) is 0 Å². The van der Waals surface area contributed by atoms with Gasteiger partial charge in [-0.2, -0.15) is 0 Å². The summed E-state index contributed by atoms with van der Waals surface area (Å²) in [5.41, 5.74) is 10.9. The third-order valence-corrected chi connectivity index (χ3v) is 9.72. The molecule has 1 aliphatic heterocycles. The van der Waals surface area contributed by atoms with E-state index in [2.05, 4.69) is 143 Å². The number of aromatic nitrogens is 2. The molecule has 3 aromatic heterocycles. The minimum absolute atomic E-state index is 0.861. The number of furan rings is 1. The van der Waals surface area contributed by atoms with E-state index in [1.165, 1.54) is 21.7 Å². The average Bonchev–Trinajstić information content (AvgIpc) is 3.77. The standard InChI is InChI=1S/C42H24N2O2/c1-4-14-33-28(9-1)30-13-8-18-38-41(30)44(33)40-27(12-7-17-37(40)45-38)25-19-21-26(22-20-25)43-34-15-5-2-11-32(34)39-35(43)24-23-31-29-10-3-6-16-36(29)46-42(31)39/h1-24H. The van der Waals surface area contributed by atoms with E-state index >= 15 is 0 Å². The summed E-state index contributed by atoms with van der Waals surface area (Å²) in [7, 11) is 0. The molecule has 0 unspecified atom stereocenters. The van der Waals surface area contributed by atoms with Gasteiger partial charge in [0.05, 0.1) is 33.1 Å². The normalized spacial score (nSPS) is 12.5. The van der Waals surface area contributed by atoms with Crippen molar-refractivity contribution in [2.75, 3.05) is 0 Å². The van der Waals surface area contributed by atoms with Crippen molar-refractivity contribution in [2.24, 2.45) is 0 Å². The first-order valence-electron chi connectivity index (χ1n) is 15.6. The number of para-hydroxylation sites is 5. The van der Waals surface area contributed by atoms with E-state index in [9.17, 15) is 0 Å². The molecular weight excluding hydrogens is 564 g/mol. The van der Waals surface area contributed by atoms with Crippen molar-refractivity contribution < 1.29 is 9.15 Å². The highest BCUT2D eigenvalue weighted by Gasteiger charge is 2.26. The van der Waals surface area contributed by atoms with Crippen molar-refractivity contribution in [3.63, 3.8) is 0 Å². The molecule has 0 saturated carbocycles. The molecule has 214 valence electrons. The Balaban J connectivity index is 1.12. The van der Waals surface area contributed by atoms with E-state index in [0.717, 1.165) is 77.9 Å². The smallest absolute Gasteiger partial charge is 0.152 e. The lowest BCUT2D eigenvalue weighted by Gasteiger charge is -2.23. The molecule has 0 amide bonds. The van der Waals surface area contributed by atoms with E-state index in [4.69, 9.17) is 9.15 Å². The predicted octanol–water partition coefficient (Wildman–Crippen LogP) is 11.6. The van der Waals surface area contributed by atoms with E-state index in [0.29, 0.717) is 0 Å². The molecule has 7 aromatic carbocycles. The highest BCUT2D eigenvalue weighted by Crippen LogP contribution is 2.48. The Morgan fingerprint density at radius 1 is 0.435 bits per heavy atom. The zero-order chi connectivity index (χ0) is 29.9. The summed E-state index contributed by atoms with van der Waals surface area (Å²) in [6.45, 7) is 0. The van der Waals surface area contributed by atoms with Crippen molar-refractivity contribution >= 4 is 65.6 Å². The molecule has 46 heavy (non-hydrogen) atoms. The van der Waals surface area contributed by atoms with Crippen molar-refractivity contribution in [1.82, 2.24) is 9.13 Å². The van der Waals surface area contributed by atoms with Crippen LogP contribution in [0, 0.1) is 0 Å². The van der Waals surface area contributed by atoms with E-state index in [1.807, 2.05) is 12.1 Å². The summed E-state index contributed by atoms with van der Waals surface area (Å²) in [5, 5.41) is 7.05. The summed E-state index contributed by atoms with van der Waals surface area (Å²) in [6.07, 6.45) is 0. The molecule has 0 spiro atoms. The minimum Gasteiger partial charge on any atom is -0.455 e. The number of rotatable bonds is 2. The molecule has 0 aliphatic carbocycles. The van der Waals surface area contributed by atoms with Crippen LogP contribution in [-0.4, -0.2) is 9.13 Å². The lowest BCUT2D eigenvalue weighted by Crippen LogP contribution is -2.06. The van der Waals surface area contributed by atoms with Crippen LogP contribution in [0.3, 0.4) is 0 Å². The molecule has 10 aromatic rings. The van der Waals surface area contributed by atoms with Crippen molar-refractivity contribution in [3.8, 4) is 34.0 Å². The quantitative estimate of drug-likeness (QED) is 0.201. The van der Waals surface area contributed by atoms with Crippen molar-refractivity contribution in [3.05, 3.63) is 146 Å². The van der Waals surface area contributed by atoms with Crippen LogP contribution in [0.2, 0.25) is 0 Å².